The highest BCUT2D eigenvalue weighted by atomic mass is 35.5. The molecule has 0 aliphatic rings. The van der Waals surface area contributed by atoms with Gasteiger partial charge in [-0.2, -0.15) is 0 Å². The van der Waals surface area contributed by atoms with E-state index < -0.39 is 6.10 Å². The fraction of sp³-hybridized carbons (Fsp3) is 0.316. The predicted octanol–water partition coefficient (Wildman–Crippen LogP) is 4.52. The minimum Gasteiger partial charge on any atom is -0.494 e. The first kappa shape index (κ1) is 16.8. The Hall–Kier alpha value is -2.04. The van der Waals surface area contributed by atoms with Crippen LogP contribution in [0.3, 0.4) is 0 Å². The van der Waals surface area contributed by atoms with Crippen molar-refractivity contribution in [2.75, 3.05) is 6.61 Å². The summed E-state index contributed by atoms with van der Waals surface area (Å²) in [5.74, 6) is 1.52. The fourth-order valence-corrected chi connectivity index (χ4v) is 2.89. The van der Waals surface area contributed by atoms with E-state index in [2.05, 4.69) is 9.55 Å². The third-order valence-electron chi connectivity index (χ3n) is 3.98. The highest BCUT2D eigenvalue weighted by molar-refractivity contribution is 6.31. The Morgan fingerprint density at radius 3 is 2.79 bits per heavy atom. The number of imidazole rings is 1. The van der Waals surface area contributed by atoms with Gasteiger partial charge in [0.05, 0.1) is 17.6 Å². The number of ether oxygens (including phenoxy) is 1. The standard InChI is InChI=1S/C19H21ClN2O2/c1-13-12-15(8-9-16(13)20)24-11-5-10-22-18-7-4-3-6-17(18)21-19(22)14(2)23/h3-4,6-9,12,14,23H,5,10-11H2,1-2H3. The second-order valence-corrected chi connectivity index (χ2v) is 6.31. The van der Waals surface area contributed by atoms with Gasteiger partial charge in [-0.05, 0) is 56.2 Å². The van der Waals surface area contributed by atoms with Crippen molar-refractivity contribution in [3.8, 4) is 5.75 Å². The molecule has 0 spiro atoms. The molecule has 24 heavy (non-hydrogen) atoms. The Kier molecular flexibility index (Phi) is 5.07. The molecule has 1 atom stereocenters. The number of nitrogens with zero attached hydrogens (tertiary/aromatic N) is 2. The summed E-state index contributed by atoms with van der Waals surface area (Å²) in [5, 5.41) is 10.7. The van der Waals surface area contributed by atoms with Crippen LogP contribution in [0.4, 0.5) is 0 Å². The maximum Gasteiger partial charge on any atom is 0.138 e. The number of aliphatic hydroxyl groups is 1. The van der Waals surface area contributed by atoms with Crippen LogP contribution in [0.2, 0.25) is 5.02 Å². The lowest BCUT2D eigenvalue weighted by molar-refractivity contribution is 0.183. The normalized spacial score (nSPS) is 12.5. The zero-order valence-electron chi connectivity index (χ0n) is 13.9. The zero-order valence-corrected chi connectivity index (χ0v) is 14.6. The first-order valence-corrected chi connectivity index (χ1v) is 8.46. The molecule has 1 N–H and O–H groups in total. The monoisotopic (exact) mass is 344 g/mol. The van der Waals surface area contributed by atoms with Crippen molar-refractivity contribution in [1.82, 2.24) is 9.55 Å². The molecule has 1 unspecified atom stereocenters. The number of para-hydroxylation sites is 2. The van der Waals surface area contributed by atoms with Crippen molar-refractivity contribution >= 4 is 22.6 Å². The van der Waals surface area contributed by atoms with E-state index in [1.54, 1.807) is 6.92 Å². The smallest absolute Gasteiger partial charge is 0.138 e. The van der Waals surface area contributed by atoms with Gasteiger partial charge in [-0.1, -0.05) is 23.7 Å². The first-order valence-electron chi connectivity index (χ1n) is 8.08. The van der Waals surface area contributed by atoms with Crippen LogP contribution in [0.5, 0.6) is 5.75 Å². The molecule has 4 nitrogen and oxygen atoms in total. The van der Waals surface area contributed by atoms with E-state index in [0.29, 0.717) is 12.4 Å². The van der Waals surface area contributed by atoms with E-state index in [1.807, 2.05) is 49.4 Å². The van der Waals surface area contributed by atoms with E-state index in [0.717, 1.165) is 40.3 Å². The third kappa shape index (κ3) is 3.55. The molecule has 0 amide bonds. The summed E-state index contributed by atoms with van der Waals surface area (Å²) in [4.78, 5) is 4.53. The number of aliphatic hydroxyl groups excluding tert-OH is 1. The molecule has 126 valence electrons. The molecule has 3 aromatic rings. The summed E-state index contributed by atoms with van der Waals surface area (Å²) in [6.45, 7) is 5.03. The van der Waals surface area contributed by atoms with Gasteiger partial charge in [0.2, 0.25) is 0 Å². The largest absolute Gasteiger partial charge is 0.494 e. The minimum absolute atomic E-state index is 0.590. The molecule has 0 fully saturated rings. The maximum atomic E-state index is 9.97. The van der Waals surface area contributed by atoms with Crippen molar-refractivity contribution in [2.45, 2.75) is 32.9 Å². The van der Waals surface area contributed by atoms with Crippen molar-refractivity contribution < 1.29 is 9.84 Å². The highest BCUT2D eigenvalue weighted by Crippen LogP contribution is 2.22. The van der Waals surface area contributed by atoms with Crippen LogP contribution in [0.25, 0.3) is 11.0 Å². The van der Waals surface area contributed by atoms with Crippen LogP contribution in [0.1, 0.15) is 30.8 Å². The maximum absolute atomic E-state index is 9.97. The van der Waals surface area contributed by atoms with Crippen LogP contribution in [-0.4, -0.2) is 21.3 Å². The Morgan fingerprint density at radius 2 is 2.04 bits per heavy atom. The average Bonchev–Trinajstić information content (AvgIpc) is 2.94. The third-order valence-corrected chi connectivity index (χ3v) is 4.41. The Balaban J connectivity index is 1.67. The van der Waals surface area contributed by atoms with Crippen LogP contribution in [-0.2, 0) is 6.54 Å². The van der Waals surface area contributed by atoms with Gasteiger partial charge in [-0.3, -0.25) is 0 Å². The van der Waals surface area contributed by atoms with Gasteiger partial charge in [-0.25, -0.2) is 4.98 Å². The van der Waals surface area contributed by atoms with Gasteiger partial charge in [0.25, 0.3) is 0 Å². The number of hydrogen-bond acceptors (Lipinski definition) is 3. The van der Waals surface area contributed by atoms with Crippen LogP contribution < -0.4 is 4.74 Å². The summed E-state index contributed by atoms with van der Waals surface area (Å²) < 4.78 is 7.86. The molecule has 0 aliphatic heterocycles. The van der Waals surface area contributed by atoms with E-state index >= 15 is 0 Å². The van der Waals surface area contributed by atoms with Crippen LogP contribution in [0, 0.1) is 6.92 Å². The lowest BCUT2D eigenvalue weighted by Crippen LogP contribution is -2.10. The Bertz CT molecular complexity index is 842. The summed E-state index contributed by atoms with van der Waals surface area (Å²) in [6, 6.07) is 13.6. The van der Waals surface area contributed by atoms with E-state index in [-0.39, 0.29) is 0 Å². The van der Waals surface area contributed by atoms with Crippen molar-refractivity contribution in [3.05, 3.63) is 58.9 Å². The van der Waals surface area contributed by atoms with Gasteiger partial charge < -0.3 is 14.4 Å². The minimum atomic E-state index is -0.600. The first-order chi connectivity index (χ1) is 11.6. The average molecular weight is 345 g/mol. The molecule has 2 aromatic carbocycles. The summed E-state index contributed by atoms with van der Waals surface area (Å²) in [7, 11) is 0. The van der Waals surface area contributed by atoms with Crippen molar-refractivity contribution in [3.63, 3.8) is 0 Å². The number of rotatable bonds is 6. The van der Waals surface area contributed by atoms with E-state index in [4.69, 9.17) is 16.3 Å². The highest BCUT2D eigenvalue weighted by Gasteiger charge is 2.14. The quantitative estimate of drug-likeness (QED) is 0.669. The molecule has 0 radical (unpaired) electrons. The number of aryl methyl sites for hydroxylation is 2. The molecule has 0 saturated heterocycles. The number of hydrogen-bond donors (Lipinski definition) is 1. The lowest BCUT2D eigenvalue weighted by atomic mass is 10.2. The summed E-state index contributed by atoms with van der Waals surface area (Å²) >= 11 is 6.02. The van der Waals surface area contributed by atoms with Crippen molar-refractivity contribution in [2.24, 2.45) is 0 Å². The van der Waals surface area contributed by atoms with Crippen LogP contribution in [0.15, 0.2) is 42.5 Å². The molecule has 0 saturated carbocycles. The number of halogens is 1. The van der Waals surface area contributed by atoms with Crippen molar-refractivity contribution in [1.29, 1.82) is 0 Å². The van der Waals surface area contributed by atoms with Crippen LogP contribution >= 0.6 is 11.6 Å². The van der Waals surface area contributed by atoms with E-state index in [1.165, 1.54) is 0 Å². The molecular weight excluding hydrogens is 324 g/mol. The summed E-state index contributed by atoms with van der Waals surface area (Å²) in [5.41, 5.74) is 2.95. The summed E-state index contributed by atoms with van der Waals surface area (Å²) in [6.07, 6.45) is 0.221. The topological polar surface area (TPSA) is 47.3 Å². The number of fused-ring (bicyclic) bond motifs is 1. The Morgan fingerprint density at radius 1 is 1.25 bits per heavy atom. The van der Waals surface area contributed by atoms with E-state index in [9.17, 15) is 5.11 Å². The van der Waals surface area contributed by atoms with Gasteiger partial charge >= 0.3 is 0 Å². The molecule has 5 heteroatoms. The number of benzene rings is 2. The lowest BCUT2D eigenvalue weighted by Gasteiger charge is -2.12. The molecular formula is C19H21ClN2O2. The van der Waals surface area contributed by atoms with Gasteiger partial charge in [-0.15, -0.1) is 0 Å². The number of aromatic nitrogens is 2. The Labute approximate surface area is 146 Å². The SMILES string of the molecule is Cc1cc(OCCCn2c(C(C)O)nc3ccccc32)ccc1Cl. The predicted molar refractivity (Wildman–Crippen MR) is 96.7 cm³/mol. The fourth-order valence-electron chi connectivity index (χ4n) is 2.77. The second kappa shape index (κ2) is 7.24. The van der Waals surface area contributed by atoms with Gasteiger partial charge in [0.15, 0.2) is 0 Å². The molecule has 1 heterocycles. The molecule has 0 aliphatic carbocycles. The molecule has 1 aromatic heterocycles. The van der Waals surface area contributed by atoms with Gasteiger partial charge in [0.1, 0.15) is 17.7 Å². The zero-order chi connectivity index (χ0) is 17.1. The van der Waals surface area contributed by atoms with Gasteiger partial charge in [0, 0.05) is 11.6 Å². The molecule has 0 bridgehead atoms. The molecule has 3 rings (SSSR count). The second-order valence-electron chi connectivity index (χ2n) is 5.90.